The summed E-state index contributed by atoms with van der Waals surface area (Å²) < 4.78 is 5.40. The largest absolute Gasteiger partial charge is 0.484 e. The summed E-state index contributed by atoms with van der Waals surface area (Å²) in [5.41, 5.74) is 0.984. The van der Waals surface area contributed by atoms with Crippen LogP contribution in [0.2, 0.25) is 5.02 Å². The summed E-state index contributed by atoms with van der Waals surface area (Å²) in [6.45, 7) is -0.0780. The van der Waals surface area contributed by atoms with Crippen LogP contribution in [0, 0.1) is 0 Å². The summed E-state index contributed by atoms with van der Waals surface area (Å²) >= 11 is 5.80. The number of nitrogens with zero attached hydrogens (tertiary/aromatic N) is 1. The van der Waals surface area contributed by atoms with Gasteiger partial charge in [-0.3, -0.25) is 4.79 Å². The molecule has 0 spiro atoms. The third-order valence-corrected chi connectivity index (χ3v) is 4.19. The summed E-state index contributed by atoms with van der Waals surface area (Å²) in [4.78, 5) is 16.2. The lowest BCUT2D eigenvalue weighted by Gasteiger charge is -2.13. The van der Waals surface area contributed by atoms with E-state index in [-0.39, 0.29) is 12.5 Å². The van der Waals surface area contributed by atoms with E-state index in [4.69, 9.17) is 16.3 Å². The molecule has 126 valence electrons. The van der Waals surface area contributed by atoms with Crippen LogP contribution in [0.5, 0.6) is 5.75 Å². The Kier molecular flexibility index (Phi) is 5.54. The van der Waals surface area contributed by atoms with Crippen LogP contribution in [-0.2, 0) is 4.79 Å². The number of carbonyl (C=O) groups excluding carboxylic acids is 1. The highest BCUT2D eigenvalue weighted by Crippen LogP contribution is 2.22. The van der Waals surface area contributed by atoms with Gasteiger partial charge >= 0.3 is 0 Å². The van der Waals surface area contributed by atoms with Gasteiger partial charge in [-0.15, -0.1) is 0 Å². The van der Waals surface area contributed by atoms with Crippen LogP contribution < -0.4 is 15.4 Å². The Hall–Kier alpha value is -2.27. The van der Waals surface area contributed by atoms with Gasteiger partial charge in [-0.1, -0.05) is 24.4 Å². The minimum absolute atomic E-state index is 0.0780. The molecule has 0 unspecified atom stereocenters. The molecule has 0 aliphatic heterocycles. The fourth-order valence-corrected chi connectivity index (χ4v) is 2.84. The zero-order valence-corrected chi connectivity index (χ0v) is 14.1. The molecule has 0 bridgehead atoms. The number of pyridine rings is 1. The van der Waals surface area contributed by atoms with Crippen LogP contribution >= 0.6 is 11.6 Å². The van der Waals surface area contributed by atoms with Gasteiger partial charge in [0.2, 0.25) is 0 Å². The Labute approximate surface area is 146 Å². The molecular formula is C18H20ClN3O2. The molecule has 0 atom stereocenters. The van der Waals surface area contributed by atoms with Gasteiger partial charge in [0.1, 0.15) is 11.6 Å². The number of amides is 1. The van der Waals surface area contributed by atoms with Gasteiger partial charge in [-0.2, -0.15) is 0 Å². The van der Waals surface area contributed by atoms with Crippen molar-refractivity contribution in [1.82, 2.24) is 4.98 Å². The second-order valence-corrected chi connectivity index (χ2v) is 6.29. The number of ether oxygens (including phenoxy) is 1. The molecule has 0 radical (unpaired) electrons. The van der Waals surface area contributed by atoms with Crippen LogP contribution in [0.4, 0.5) is 11.5 Å². The van der Waals surface area contributed by atoms with E-state index in [0.29, 0.717) is 22.6 Å². The predicted molar refractivity (Wildman–Crippen MR) is 95.7 cm³/mol. The fourth-order valence-electron chi connectivity index (χ4n) is 2.72. The first-order chi connectivity index (χ1) is 11.7. The van der Waals surface area contributed by atoms with Crippen molar-refractivity contribution >= 4 is 29.0 Å². The normalized spacial score (nSPS) is 14.4. The monoisotopic (exact) mass is 345 g/mol. The molecule has 3 rings (SSSR count). The molecular weight excluding hydrogens is 326 g/mol. The van der Waals surface area contributed by atoms with Gasteiger partial charge in [0.25, 0.3) is 5.91 Å². The van der Waals surface area contributed by atoms with Crippen molar-refractivity contribution in [1.29, 1.82) is 0 Å². The van der Waals surface area contributed by atoms with Gasteiger partial charge in [-0.05, 0) is 49.2 Å². The molecule has 0 saturated heterocycles. The standard InChI is InChI=1S/C18H20ClN3O2/c19-13-5-8-16(9-6-13)24-12-18(23)22-17-10-7-15(11-20-17)21-14-3-1-2-4-14/h5-11,14,21H,1-4,12H2,(H,20,22,23). The molecule has 5 nitrogen and oxygen atoms in total. The number of aromatic nitrogens is 1. The predicted octanol–water partition coefficient (Wildman–Crippen LogP) is 4.11. The zero-order chi connectivity index (χ0) is 16.8. The Bertz CT molecular complexity index is 668. The second-order valence-electron chi connectivity index (χ2n) is 5.85. The summed E-state index contributed by atoms with van der Waals surface area (Å²) in [6.07, 6.45) is 6.73. The minimum Gasteiger partial charge on any atom is -0.484 e. The first-order valence-corrected chi connectivity index (χ1v) is 8.48. The first kappa shape index (κ1) is 16.6. The third kappa shape index (κ3) is 4.86. The lowest BCUT2D eigenvalue weighted by molar-refractivity contribution is -0.118. The summed E-state index contributed by atoms with van der Waals surface area (Å²) in [6, 6.07) is 11.1. The molecule has 2 aromatic rings. The molecule has 1 saturated carbocycles. The molecule has 2 N–H and O–H groups in total. The Morgan fingerprint density at radius 2 is 1.92 bits per heavy atom. The van der Waals surface area contributed by atoms with E-state index < -0.39 is 0 Å². The van der Waals surface area contributed by atoms with Crippen molar-refractivity contribution < 1.29 is 9.53 Å². The fraction of sp³-hybridized carbons (Fsp3) is 0.333. The highest BCUT2D eigenvalue weighted by Gasteiger charge is 2.14. The zero-order valence-electron chi connectivity index (χ0n) is 13.3. The average Bonchev–Trinajstić information content (AvgIpc) is 3.09. The number of anilines is 2. The highest BCUT2D eigenvalue weighted by molar-refractivity contribution is 6.30. The van der Waals surface area contributed by atoms with Gasteiger partial charge in [0.15, 0.2) is 6.61 Å². The maximum Gasteiger partial charge on any atom is 0.263 e. The Morgan fingerprint density at radius 3 is 2.58 bits per heavy atom. The number of rotatable bonds is 6. The van der Waals surface area contributed by atoms with Crippen molar-refractivity contribution in [3.63, 3.8) is 0 Å². The van der Waals surface area contributed by atoms with Crippen molar-refractivity contribution in [2.45, 2.75) is 31.7 Å². The molecule has 1 aromatic heterocycles. The van der Waals surface area contributed by atoms with Gasteiger partial charge < -0.3 is 15.4 Å². The minimum atomic E-state index is -0.256. The SMILES string of the molecule is O=C(COc1ccc(Cl)cc1)Nc1ccc(NC2CCCC2)cn1. The Balaban J connectivity index is 1.46. The van der Waals surface area contributed by atoms with Crippen LogP contribution in [0.3, 0.4) is 0 Å². The van der Waals surface area contributed by atoms with Gasteiger partial charge in [0, 0.05) is 11.1 Å². The maximum atomic E-state index is 11.9. The first-order valence-electron chi connectivity index (χ1n) is 8.10. The topological polar surface area (TPSA) is 63.2 Å². The van der Waals surface area contributed by atoms with E-state index in [1.807, 2.05) is 6.07 Å². The van der Waals surface area contributed by atoms with Crippen molar-refractivity contribution in [2.24, 2.45) is 0 Å². The molecule has 1 heterocycles. The molecule has 1 amide bonds. The number of nitrogens with one attached hydrogen (secondary N) is 2. The lowest BCUT2D eigenvalue weighted by atomic mass is 10.2. The van der Waals surface area contributed by atoms with E-state index >= 15 is 0 Å². The molecule has 1 aromatic carbocycles. The summed E-state index contributed by atoms with van der Waals surface area (Å²) in [5.74, 6) is 0.851. The Morgan fingerprint density at radius 1 is 1.17 bits per heavy atom. The number of carbonyl (C=O) groups is 1. The molecule has 1 fully saturated rings. The number of hydrogen-bond acceptors (Lipinski definition) is 4. The molecule has 24 heavy (non-hydrogen) atoms. The van der Waals surface area contributed by atoms with Crippen molar-refractivity contribution in [3.8, 4) is 5.75 Å². The van der Waals surface area contributed by atoms with Crippen LogP contribution in [0.25, 0.3) is 0 Å². The van der Waals surface area contributed by atoms with E-state index in [1.165, 1.54) is 25.7 Å². The number of hydrogen-bond donors (Lipinski definition) is 2. The number of benzene rings is 1. The van der Waals surface area contributed by atoms with E-state index in [2.05, 4.69) is 15.6 Å². The summed E-state index contributed by atoms with van der Waals surface area (Å²) in [5, 5.41) is 6.80. The van der Waals surface area contributed by atoms with E-state index in [9.17, 15) is 4.79 Å². The summed E-state index contributed by atoms with van der Waals surface area (Å²) in [7, 11) is 0. The highest BCUT2D eigenvalue weighted by atomic mass is 35.5. The van der Waals surface area contributed by atoms with Gasteiger partial charge in [-0.25, -0.2) is 4.98 Å². The van der Waals surface area contributed by atoms with Crippen LogP contribution in [-0.4, -0.2) is 23.5 Å². The average molecular weight is 346 g/mol. The van der Waals surface area contributed by atoms with Gasteiger partial charge in [0.05, 0.1) is 11.9 Å². The lowest BCUT2D eigenvalue weighted by Crippen LogP contribution is -2.21. The quantitative estimate of drug-likeness (QED) is 0.827. The van der Waals surface area contributed by atoms with Crippen molar-refractivity contribution in [2.75, 3.05) is 17.2 Å². The van der Waals surface area contributed by atoms with Crippen molar-refractivity contribution in [3.05, 3.63) is 47.6 Å². The van der Waals surface area contributed by atoms with Crippen LogP contribution in [0.15, 0.2) is 42.6 Å². The number of halogens is 1. The second kappa shape index (κ2) is 8.02. The smallest absolute Gasteiger partial charge is 0.263 e. The van der Waals surface area contributed by atoms with E-state index in [0.717, 1.165) is 5.69 Å². The molecule has 6 heteroatoms. The molecule has 1 aliphatic carbocycles. The van der Waals surface area contributed by atoms with Crippen LogP contribution in [0.1, 0.15) is 25.7 Å². The molecule has 1 aliphatic rings. The maximum absolute atomic E-state index is 11.9. The van der Waals surface area contributed by atoms with E-state index in [1.54, 1.807) is 36.5 Å². The third-order valence-electron chi connectivity index (χ3n) is 3.94.